The normalized spacial score (nSPS) is 13.2. The van der Waals surface area contributed by atoms with Crippen molar-refractivity contribution < 1.29 is 9.53 Å². The van der Waals surface area contributed by atoms with Gasteiger partial charge in [0, 0.05) is 11.1 Å². The van der Waals surface area contributed by atoms with E-state index in [2.05, 4.69) is 6.92 Å². The van der Waals surface area contributed by atoms with Crippen LogP contribution in [0.5, 0.6) is 5.75 Å². The van der Waals surface area contributed by atoms with Gasteiger partial charge in [0.1, 0.15) is 12.4 Å². The van der Waals surface area contributed by atoms with Gasteiger partial charge in [-0.1, -0.05) is 43.7 Å². The number of benzene rings is 2. The average Bonchev–Trinajstić information content (AvgIpc) is 2.58. The summed E-state index contributed by atoms with van der Waals surface area (Å²) in [6, 6.07) is 13.6. The predicted octanol–water partition coefficient (Wildman–Crippen LogP) is 3.76. The second kappa shape index (κ2) is 4.88. The first kappa shape index (κ1) is 12.0. The second-order valence-corrected chi connectivity index (χ2v) is 4.86. The molecule has 0 saturated heterocycles. The summed E-state index contributed by atoms with van der Waals surface area (Å²) >= 11 is 0. The Labute approximate surface area is 113 Å². The maximum absolute atomic E-state index is 12.6. The van der Waals surface area contributed by atoms with Gasteiger partial charge in [0.2, 0.25) is 0 Å². The molecule has 19 heavy (non-hydrogen) atoms. The van der Waals surface area contributed by atoms with Crippen LogP contribution in [0.25, 0.3) is 0 Å². The summed E-state index contributed by atoms with van der Waals surface area (Å²) in [7, 11) is 0. The van der Waals surface area contributed by atoms with E-state index >= 15 is 0 Å². The Morgan fingerprint density at radius 1 is 1.11 bits per heavy atom. The van der Waals surface area contributed by atoms with Crippen molar-refractivity contribution in [3.05, 3.63) is 64.7 Å². The number of ether oxygens (including phenoxy) is 1. The molecule has 0 radical (unpaired) electrons. The van der Waals surface area contributed by atoms with E-state index < -0.39 is 0 Å². The molecule has 1 heterocycles. The van der Waals surface area contributed by atoms with Gasteiger partial charge < -0.3 is 4.74 Å². The molecule has 0 spiro atoms. The van der Waals surface area contributed by atoms with E-state index in [1.165, 1.54) is 5.56 Å². The summed E-state index contributed by atoms with van der Waals surface area (Å²) in [6.07, 6.45) is 2.06. The molecule has 2 aromatic rings. The number of aryl methyl sites for hydroxylation is 1. The van der Waals surface area contributed by atoms with Gasteiger partial charge in [-0.2, -0.15) is 0 Å². The smallest absolute Gasteiger partial charge is 0.197 e. The molecule has 2 nitrogen and oxygen atoms in total. The second-order valence-electron chi connectivity index (χ2n) is 4.86. The monoisotopic (exact) mass is 252 g/mol. The third-order valence-electron chi connectivity index (χ3n) is 3.47. The number of carbonyl (C=O) groups excluding carboxylic acids is 1. The highest BCUT2D eigenvalue weighted by Gasteiger charge is 2.21. The Balaban J connectivity index is 2.10. The average molecular weight is 252 g/mol. The molecule has 1 aliphatic rings. The fourth-order valence-electron chi connectivity index (χ4n) is 2.49. The minimum Gasteiger partial charge on any atom is -0.488 e. The Kier molecular flexibility index (Phi) is 3.08. The maximum Gasteiger partial charge on any atom is 0.197 e. The van der Waals surface area contributed by atoms with Gasteiger partial charge in [-0.3, -0.25) is 4.79 Å². The minimum absolute atomic E-state index is 0.0704. The quantitative estimate of drug-likeness (QED) is 0.813. The number of ketones is 1. The number of rotatable bonds is 2. The zero-order valence-electron chi connectivity index (χ0n) is 11.0. The molecule has 2 heteroatoms. The van der Waals surface area contributed by atoms with Crippen molar-refractivity contribution in [3.63, 3.8) is 0 Å². The zero-order chi connectivity index (χ0) is 13.2. The third-order valence-corrected chi connectivity index (χ3v) is 3.47. The summed E-state index contributed by atoms with van der Waals surface area (Å²) in [4.78, 5) is 12.6. The third kappa shape index (κ3) is 2.14. The Bertz CT molecular complexity index is 629. The van der Waals surface area contributed by atoms with E-state index in [9.17, 15) is 4.79 Å². The fraction of sp³-hybridized carbons (Fsp3) is 0.235. The van der Waals surface area contributed by atoms with Crippen LogP contribution in [0.4, 0.5) is 0 Å². The van der Waals surface area contributed by atoms with Crippen molar-refractivity contribution in [3.8, 4) is 5.75 Å². The van der Waals surface area contributed by atoms with Crippen LogP contribution in [0.1, 0.15) is 40.4 Å². The van der Waals surface area contributed by atoms with Gasteiger partial charge >= 0.3 is 0 Å². The van der Waals surface area contributed by atoms with Crippen LogP contribution < -0.4 is 4.74 Å². The van der Waals surface area contributed by atoms with Crippen LogP contribution in [0.15, 0.2) is 42.5 Å². The van der Waals surface area contributed by atoms with Crippen molar-refractivity contribution in [1.82, 2.24) is 0 Å². The lowest BCUT2D eigenvalue weighted by Crippen LogP contribution is -2.03. The van der Waals surface area contributed by atoms with Crippen LogP contribution in [0, 0.1) is 0 Å². The molecule has 0 N–H and O–H groups in total. The predicted molar refractivity (Wildman–Crippen MR) is 74.6 cm³/mol. The number of hydrogen-bond donors (Lipinski definition) is 0. The number of fused-ring (bicyclic) bond motifs is 2. The molecule has 0 fully saturated rings. The fourth-order valence-corrected chi connectivity index (χ4v) is 2.49. The first-order valence-corrected chi connectivity index (χ1v) is 6.68. The molecule has 0 aromatic heterocycles. The van der Waals surface area contributed by atoms with Crippen LogP contribution in [-0.2, 0) is 13.0 Å². The van der Waals surface area contributed by atoms with E-state index in [0.717, 1.165) is 24.0 Å². The zero-order valence-corrected chi connectivity index (χ0v) is 11.0. The minimum atomic E-state index is 0.0704. The van der Waals surface area contributed by atoms with Crippen molar-refractivity contribution in [1.29, 1.82) is 0 Å². The summed E-state index contributed by atoms with van der Waals surface area (Å²) in [6.45, 7) is 2.60. The lowest BCUT2D eigenvalue weighted by Gasteiger charge is -2.08. The van der Waals surface area contributed by atoms with E-state index in [1.54, 1.807) is 0 Å². The standard InChI is InChI=1S/C17H16O2/c1-2-5-12-8-9-16-15(10-12)17(18)14-7-4-3-6-13(14)11-19-16/h3-4,6-10H,2,5,11H2,1H3. The Hall–Kier alpha value is -2.09. The van der Waals surface area contributed by atoms with Gasteiger partial charge in [0.05, 0.1) is 5.56 Å². The summed E-state index contributed by atoms with van der Waals surface area (Å²) in [5.41, 5.74) is 3.60. The van der Waals surface area contributed by atoms with Gasteiger partial charge in [0.25, 0.3) is 0 Å². The largest absolute Gasteiger partial charge is 0.488 e. The van der Waals surface area contributed by atoms with Crippen molar-refractivity contribution in [2.24, 2.45) is 0 Å². The molecule has 0 aliphatic carbocycles. The van der Waals surface area contributed by atoms with Gasteiger partial charge in [0.15, 0.2) is 5.78 Å². The number of carbonyl (C=O) groups is 1. The van der Waals surface area contributed by atoms with Crippen LogP contribution in [-0.4, -0.2) is 5.78 Å². The molecule has 2 aromatic carbocycles. The lowest BCUT2D eigenvalue weighted by atomic mass is 9.97. The molecule has 0 atom stereocenters. The van der Waals surface area contributed by atoms with Crippen molar-refractivity contribution in [2.75, 3.05) is 0 Å². The van der Waals surface area contributed by atoms with Crippen molar-refractivity contribution >= 4 is 5.78 Å². The molecule has 3 rings (SSSR count). The van der Waals surface area contributed by atoms with E-state index in [4.69, 9.17) is 4.74 Å². The molecular weight excluding hydrogens is 236 g/mol. The highest BCUT2D eigenvalue weighted by Crippen LogP contribution is 2.29. The molecular formula is C17H16O2. The SMILES string of the molecule is CCCc1ccc2c(c1)C(=O)c1ccccc1CO2. The van der Waals surface area contributed by atoms with E-state index in [0.29, 0.717) is 17.9 Å². The molecule has 0 unspecified atom stereocenters. The van der Waals surface area contributed by atoms with Crippen LogP contribution in [0.2, 0.25) is 0 Å². The Morgan fingerprint density at radius 3 is 2.79 bits per heavy atom. The maximum atomic E-state index is 12.6. The molecule has 0 amide bonds. The van der Waals surface area contributed by atoms with Crippen LogP contribution >= 0.6 is 0 Å². The van der Waals surface area contributed by atoms with Crippen molar-refractivity contribution in [2.45, 2.75) is 26.4 Å². The Morgan fingerprint density at radius 2 is 1.95 bits per heavy atom. The van der Waals surface area contributed by atoms with Gasteiger partial charge in [-0.25, -0.2) is 0 Å². The van der Waals surface area contributed by atoms with Gasteiger partial charge in [-0.15, -0.1) is 0 Å². The summed E-state index contributed by atoms with van der Waals surface area (Å²) in [5, 5.41) is 0. The highest BCUT2D eigenvalue weighted by atomic mass is 16.5. The summed E-state index contributed by atoms with van der Waals surface area (Å²) < 4.78 is 5.76. The van der Waals surface area contributed by atoms with E-state index in [1.807, 2.05) is 42.5 Å². The topological polar surface area (TPSA) is 26.3 Å². The lowest BCUT2D eigenvalue weighted by molar-refractivity contribution is 0.103. The first-order valence-electron chi connectivity index (χ1n) is 6.68. The van der Waals surface area contributed by atoms with Gasteiger partial charge in [-0.05, 0) is 24.1 Å². The van der Waals surface area contributed by atoms with Crippen LogP contribution in [0.3, 0.4) is 0 Å². The molecule has 96 valence electrons. The highest BCUT2D eigenvalue weighted by molar-refractivity contribution is 6.12. The molecule has 0 bridgehead atoms. The van der Waals surface area contributed by atoms with E-state index in [-0.39, 0.29) is 5.78 Å². The summed E-state index contributed by atoms with van der Waals surface area (Å²) in [5.74, 6) is 0.766. The number of hydrogen-bond acceptors (Lipinski definition) is 2. The molecule has 0 saturated carbocycles. The first-order chi connectivity index (χ1) is 9.29. The molecule has 1 aliphatic heterocycles.